The SMILES string of the molecule is COc1ccc(C2OC[C@]3(C[C@H](C)[C@@H](O[Si](C)(C)C(C)(C)C)[C@@H]3/C=C/c3ccccc3)O2)cc1. The van der Waals surface area contributed by atoms with E-state index in [-0.39, 0.29) is 23.4 Å². The normalized spacial score (nSPS) is 29.9. The van der Waals surface area contributed by atoms with Gasteiger partial charge in [0, 0.05) is 11.5 Å². The van der Waals surface area contributed by atoms with E-state index in [1.54, 1.807) is 7.11 Å². The minimum Gasteiger partial charge on any atom is -0.497 e. The average Bonchev–Trinajstić information content (AvgIpc) is 3.33. The molecule has 4 rings (SSSR count). The van der Waals surface area contributed by atoms with Gasteiger partial charge in [-0.25, -0.2) is 0 Å². The van der Waals surface area contributed by atoms with Crippen molar-refractivity contribution in [3.63, 3.8) is 0 Å². The van der Waals surface area contributed by atoms with Crippen LogP contribution in [0.5, 0.6) is 5.75 Å². The maximum atomic E-state index is 7.07. The van der Waals surface area contributed by atoms with Crippen LogP contribution in [0.2, 0.25) is 18.1 Å². The summed E-state index contributed by atoms with van der Waals surface area (Å²) >= 11 is 0. The van der Waals surface area contributed by atoms with E-state index in [1.165, 1.54) is 5.56 Å². The molecule has 2 fully saturated rings. The summed E-state index contributed by atoms with van der Waals surface area (Å²) in [5, 5.41) is 0.148. The quantitative estimate of drug-likeness (QED) is 0.408. The molecule has 184 valence electrons. The van der Waals surface area contributed by atoms with Crippen LogP contribution in [0.15, 0.2) is 60.7 Å². The van der Waals surface area contributed by atoms with Gasteiger partial charge >= 0.3 is 0 Å². The first-order chi connectivity index (χ1) is 16.0. The summed E-state index contributed by atoms with van der Waals surface area (Å²) in [6.45, 7) is 14.5. The van der Waals surface area contributed by atoms with Crippen LogP contribution in [0.1, 0.15) is 51.5 Å². The fourth-order valence-electron chi connectivity index (χ4n) is 4.93. The molecule has 1 saturated heterocycles. The lowest BCUT2D eigenvalue weighted by atomic mass is 9.89. The van der Waals surface area contributed by atoms with Crippen molar-refractivity contribution in [2.24, 2.45) is 11.8 Å². The van der Waals surface area contributed by atoms with E-state index in [0.717, 1.165) is 17.7 Å². The van der Waals surface area contributed by atoms with Crippen LogP contribution in [-0.4, -0.2) is 33.7 Å². The van der Waals surface area contributed by atoms with Crippen molar-refractivity contribution in [2.75, 3.05) is 13.7 Å². The number of ether oxygens (including phenoxy) is 3. The van der Waals surface area contributed by atoms with Gasteiger partial charge in [-0.2, -0.15) is 0 Å². The van der Waals surface area contributed by atoms with Gasteiger partial charge in [0.2, 0.25) is 0 Å². The van der Waals surface area contributed by atoms with E-state index in [0.29, 0.717) is 12.5 Å². The first kappa shape index (κ1) is 25.2. The Morgan fingerprint density at radius 1 is 1.03 bits per heavy atom. The number of hydrogen-bond acceptors (Lipinski definition) is 4. The molecular weight excluding hydrogens is 440 g/mol. The van der Waals surface area contributed by atoms with Crippen molar-refractivity contribution in [1.82, 2.24) is 0 Å². The molecule has 1 spiro atoms. The Morgan fingerprint density at radius 2 is 1.71 bits per heavy atom. The van der Waals surface area contributed by atoms with E-state index in [4.69, 9.17) is 18.6 Å². The van der Waals surface area contributed by atoms with Gasteiger partial charge in [0.25, 0.3) is 0 Å². The Bertz CT molecular complexity index is 979. The third-order valence-electron chi connectivity index (χ3n) is 7.93. The zero-order chi connectivity index (χ0) is 24.6. The van der Waals surface area contributed by atoms with E-state index in [2.05, 4.69) is 77.2 Å². The lowest BCUT2D eigenvalue weighted by molar-refractivity contribution is -0.104. The summed E-state index contributed by atoms with van der Waals surface area (Å²) in [5.74, 6) is 1.32. The van der Waals surface area contributed by atoms with Crippen molar-refractivity contribution >= 4 is 14.4 Å². The molecule has 0 amide bonds. The van der Waals surface area contributed by atoms with Gasteiger partial charge in [0.15, 0.2) is 14.6 Å². The van der Waals surface area contributed by atoms with Crippen LogP contribution in [0.3, 0.4) is 0 Å². The highest BCUT2D eigenvalue weighted by atomic mass is 28.4. The molecule has 0 N–H and O–H groups in total. The first-order valence-electron chi connectivity index (χ1n) is 12.4. The van der Waals surface area contributed by atoms with Crippen LogP contribution >= 0.6 is 0 Å². The fraction of sp³-hybridized carbons (Fsp3) is 0.517. The monoisotopic (exact) mass is 480 g/mol. The molecule has 1 saturated carbocycles. The second-order valence-corrected chi connectivity index (χ2v) is 16.2. The van der Waals surface area contributed by atoms with Gasteiger partial charge in [-0.15, -0.1) is 0 Å². The molecule has 2 aromatic carbocycles. The van der Waals surface area contributed by atoms with Crippen molar-refractivity contribution < 1.29 is 18.6 Å². The van der Waals surface area contributed by atoms with Crippen molar-refractivity contribution in [1.29, 1.82) is 0 Å². The Labute approximate surface area is 206 Å². The van der Waals surface area contributed by atoms with E-state index < -0.39 is 13.9 Å². The Hall–Kier alpha value is -1.92. The molecule has 4 nitrogen and oxygen atoms in total. The molecule has 0 radical (unpaired) electrons. The van der Waals surface area contributed by atoms with Crippen LogP contribution in [0.25, 0.3) is 6.08 Å². The number of rotatable bonds is 6. The molecule has 5 heteroatoms. The molecule has 34 heavy (non-hydrogen) atoms. The highest BCUT2D eigenvalue weighted by Gasteiger charge is 2.58. The largest absolute Gasteiger partial charge is 0.497 e. The molecule has 0 aromatic heterocycles. The van der Waals surface area contributed by atoms with Crippen LogP contribution in [-0.2, 0) is 13.9 Å². The molecule has 2 aromatic rings. The Balaban J connectivity index is 1.64. The standard InChI is InChI=1S/C29H40O4Si/c1-21-19-29(20-31-27(32-29)23-14-16-24(30-5)17-15-23)25(18-13-22-11-9-8-10-12-22)26(21)33-34(6,7)28(2,3)4/h8-18,21,25-27H,19-20H2,1-7H3/b18-13+/t21-,25-,26+,27?,29-/m0/s1. The molecule has 1 unspecified atom stereocenters. The summed E-state index contributed by atoms with van der Waals surface area (Å²) in [4.78, 5) is 0. The summed E-state index contributed by atoms with van der Waals surface area (Å²) < 4.78 is 25.5. The third-order valence-corrected chi connectivity index (χ3v) is 12.4. The fourth-order valence-corrected chi connectivity index (χ4v) is 6.34. The van der Waals surface area contributed by atoms with Gasteiger partial charge in [0.1, 0.15) is 11.4 Å². The van der Waals surface area contributed by atoms with Gasteiger partial charge in [-0.05, 0) is 48.2 Å². The van der Waals surface area contributed by atoms with Gasteiger partial charge in [-0.3, -0.25) is 0 Å². The predicted molar refractivity (Wildman–Crippen MR) is 140 cm³/mol. The topological polar surface area (TPSA) is 36.9 Å². The molecule has 1 aliphatic carbocycles. The van der Waals surface area contributed by atoms with Gasteiger partial charge in [0.05, 0.1) is 19.8 Å². The molecular formula is C29H40O4Si. The maximum Gasteiger partial charge on any atom is 0.192 e. The molecule has 1 aliphatic heterocycles. The van der Waals surface area contributed by atoms with Crippen molar-refractivity contribution in [3.8, 4) is 5.75 Å². The average molecular weight is 481 g/mol. The summed E-state index contributed by atoms with van der Waals surface area (Å²) in [6.07, 6.45) is 5.17. The van der Waals surface area contributed by atoms with Crippen molar-refractivity contribution in [3.05, 3.63) is 71.8 Å². The van der Waals surface area contributed by atoms with E-state index in [9.17, 15) is 0 Å². The first-order valence-corrected chi connectivity index (χ1v) is 15.3. The summed E-state index contributed by atoms with van der Waals surface area (Å²) in [5.41, 5.74) is 1.81. The predicted octanol–water partition coefficient (Wildman–Crippen LogP) is 7.24. The lowest BCUT2D eigenvalue weighted by Crippen LogP contribution is -2.48. The van der Waals surface area contributed by atoms with Crippen LogP contribution in [0, 0.1) is 11.8 Å². The summed E-state index contributed by atoms with van der Waals surface area (Å²) in [7, 11) is -0.286. The molecule has 1 heterocycles. The van der Waals surface area contributed by atoms with Gasteiger partial charge < -0.3 is 18.6 Å². The van der Waals surface area contributed by atoms with Crippen LogP contribution < -0.4 is 4.74 Å². The smallest absolute Gasteiger partial charge is 0.192 e. The van der Waals surface area contributed by atoms with E-state index >= 15 is 0 Å². The highest BCUT2D eigenvalue weighted by molar-refractivity contribution is 6.74. The molecule has 5 atom stereocenters. The zero-order valence-corrected chi connectivity index (χ0v) is 22.7. The maximum absolute atomic E-state index is 7.07. The Kier molecular flexibility index (Phi) is 7.12. The Morgan fingerprint density at radius 3 is 2.32 bits per heavy atom. The number of benzene rings is 2. The molecule has 2 aliphatic rings. The highest BCUT2D eigenvalue weighted by Crippen LogP contribution is 2.53. The van der Waals surface area contributed by atoms with Crippen molar-refractivity contribution in [2.45, 2.75) is 70.2 Å². The van der Waals surface area contributed by atoms with E-state index in [1.807, 2.05) is 30.3 Å². The zero-order valence-electron chi connectivity index (χ0n) is 21.7. The number of hydrogen-bond donors (Lipinski definition) is 0. The second-order valence-electron chi connectivity index (χ2n) is 11.4. The lowest BCUT2D eigenvalue weighted by Gasteiger charge is -2.41. The number of methoxy groups -OCH3 is 1. The van der Waals surface area contributed by atoms with Crippen LogP contribution in [0.4, 0.5) is 0 Å². The van der Waals surface area contributed by atoms with Gasteiger partial charge in [-0.1, -0.05) is 82.3 Å². The minimum atomic E-state index is -1.97. The minimum absolute atomic E-state index is 0.0964. The second kappa shape index (κ2) is 9.61. The third kappa shape index (κ3) is 5.03. The molecule has 0 bridgehead atoms. The summed E-state index contributed by atoms with van der Waals surface area (Å²) in [6, 6.07) is 18.4.